The fourth-order valence-electron chi connectivity index (χ4n) is 2.70. The summed E-state index contributed by atoms with van der Waals surface area (Å²) >= 11 is 0. The number of methoxy groups -OCH3 is 1. The van der Waals surface area contributed by atoms with Crippen molar-refractivity contribution in [3.63, 3.8) is 0 Å². The van der Waals surface area contributed by atoms with Crippen LogP contribution in [-0.2, 0) is 20.8 Å². The molecule has 0 heterocycles. The number of benzene rings is 2. The van der Waals surface area contributed by atoms with E-state index < -0.39 is 0 Å². The van der Waals surface area contributed by atoms with Gasteiger partial charge in [-0.05, 0) is 29.7 Å². The Morgan fingerprint density at radius 2 is 1.88 bits per heavy atom. The molecule has 0 spiro atoms. The second kappa shape index (κ2) is 10.3. The van der Waals surface area contributed by atoms with Gasteiger partial charge in [0.25, 0.3) is 0 Å². The van der Waals surface area contributed by atoms with Gasteiger partial charge in [0.05, 0.1) is 31.4 Å². The minimum atomic E-state index is -0.233. The van der Waals surface area contributed by atoms with Crippen molar-refractivity contribution in [3.05, 3.63) is 59.7 Å². The molecule has 2 rings (SSSR count). The molecule has 0 aliphatic heterocycles. The predicted octanol–water partition coefficient (Wildman–Crippen LogP) is 3.24. The first-order valence-electron chi connectivity index (χ1n) is 8.63. The third-order valence-corrected chi connectivity index (χ3v) is 3.99. The van der Waals surface area contributed by atoms with E-state index in [0.29, 0.717) is 31.9 Å². The number of nitriles is 1. The van der Waals surface area contributed by atoms with Crippen LogP contribution in [-0.4, -0.2) is 44.3 Å². The normalized spacial score (nSPS) is 10.5. The van der Waals surface area contributed by atoms with Gasteiger partial charge in [-0.2, -0.15) is 5.26 Å². The first kappa shape index (κ1) is 19.6. The van der Waals surface area contributed by atoms with Crippen LogP contribution in [0.25, 0.3) is 11.1 Å². The summed E-state index contributed by atoms with van der Waals surface area (Å²) in [5, 5.41) is 9.25. The van der Waals surface area contributed by atoms with Crippen molar-refractivity contribution < 1.29 is 14.3 Å². The number of carbonyl (C=O) groups is 1. The Bertz CT molecular complexity index is 751. The lowest BCUT2D eigenvalue weighted by Crippen LogP contribution is -2.33. The van der Waals surface area contributed by atoms with Crippen LogP contribution in [0.5, 0.6) is 0 Å². The number of rotatable bonds is 9. The molecule has 0 saturated carbocycles. The lowest BCUT2D eigenvalue weighted by atomic mass is 9.99. The number of esters is 1. The van der Waals surface area contributed by atoms with Crippen LogP contribution in [0.3, 0.4) is 0 Å². The van der Waals surface area contributed by atoms with E-state index in [2.05, 4.69) is 6.07 Å². The van der Waals surface area contributed by atoms with Crippen LogP contribution in [0, 0.1) is 11.3 Å². The molecule has 0 aliphatic rings. The van der Waals surface area contributed by atoms with Crippen molar-refractivity contribution in [1.29, 1.82) is 5.26 Å². The van der Waals surface area contributed by atoms with E-state index in [4.69, 9.17) is 9.47 Å². The van der Waals surface area contributed by atoms with E-state index in [9.17, 15) is 10.1 Å². The van der Waals surface area contributed by atoms with Gasteiger partial charge in [0.15, 0.2) is 0 Å². The van der Waals surface area contributed by atoms with Gasteiger partial charge in [0.2, 0.25) is 0 Å². The fourth-order valence-corrected chi connectivity index (χ4v) is 2.70. The Hall–Kier alpha value is -2.68. The molecule has 0 unspecified atom stereocenters. The number of nitrogens with zero attached hydrogens (tertiary/aromatic N) is 2. The van der Waals surface area contributed by atoms with Crippen LogP contribution in [0.4, 0.5) is 0 Å². The first-order chi connectivity index (χ1) is 12.7. The summed E-state index contributed by atoms with van der Waals surface area (Å²) in [6.07, 6.45) is 0. The van der Waals surface area contributed by atoms with Crippen molar-refractivity contribution in [3.8, 4) is 17.2 Å². The Morgan fingerprint density at radius 1 is 1.15 bits per heavy atom. The highest BCUT2D eigenvalue weighted by Crippen LogP contribution is 2.23. The smallest absolute Gasteiger partial charge is 0.320 e. The summed E-state index contributed by atoms with van der Waals surface area (Å²) in [6, 6.07) is 17.8. The molecule has 0 radical (unpaired) electrons. The van der Waals surface area contributed by atoms with Crippen LogP contribution in [0.2, 0.25) is 0 Å². The molecular weight excluding hydrogens is 328 g/mol. The van der Waals surface area contributed by atoms with E-state index in [1.807, 2.05) is 53.4 Å². The zero-order valence-corrected chi connectivity index (χ0v) is 15.3. The van der Waals surface area contributed by atoms with Crippen molar-refractivity contribution in [2.75, 3.05) is 33.4 Å². The van der Waals surface area contributed by atoms with Gasteiger partial charge in [-0.25, -0.2) is 0 Å². The summed E-state index contributed by atoms with van der Waals surface area (Å²) in [7, 11) is 1.64. The Balaban J connectivity index is 2.10. The maximum Gasteiger partial charge on any atom is 0.320 e. The van der Waals surface area contributed by atoms with Gasteiger partial charge in [-0.1, -0.05) is 42.5 Å². The van der Waals surface area contributed by atoms with Crippen LogP contribution in [0.15, 0.2) is 48.5 Å². The van der Waals surface area contributed by atoms with E-state index in [1.54, 1.807) is 14.0 Å². The molecule has 0 bridgehead atoms. The van der Waals surface area contributed by atoms with Crippen LogP contribution < -0.4 is 0 Å². The van der Waals surface area contributed by atoms with Gasteiger partial charge >= 0.3 is 5.97 Å². The maximum atomic E-state index is 11.8. The minimum Gasteiger partial charge on any atom is -0.465 e. The monoisotopic (exact) mass is 352 g/mol. The molecule has 136 valence electrons. The van der Waals surface area contributed by atoms with E-state index in [-0.39, 0.29) is 12.5 Å². The van der Waals surface area contributed by atoms with Gasteiger partial charge < -0.3 is 9.47 Å². The Labute approximate surface area is 154 Å². The van der Waals surface area contributed by atoms with Gasteiger partial charge in [0, 0.05) is 20.2 Å². The number of hydrogen-bond acceptors (Lipinski definition) is 5. The maximum absolute atomic E-state index is 11.8. The molecule has 2 aromatic carbocycles. The van der Waals surface area contributed by atoms with E-state index >= 15 is 0 Å². The fraction of sp³-hybridized carbons (Fsp3) is 0.333. The zero-order chi connectivity index (χ0) is 18.8. The van der Waals surface area contributed by atoms with Crippen LogP contribution in [0.1, 0.15) is 18.1 Å². The molecule has 0 N–H and O–H groups in total. The summed E-state index contributed by atoms with van der Waals surface area (Å²) < 4.78 is 10.2. The topological polar surface area (TPSA) is 62.6 Å². The zero-order valence-electron chi connectivity index (χ0n) is 15.3. The van der Waals surface area contributed by atoms with Crippen molar-refractivity contribution in [1.82, 2.24) is 4.90 Å². The molecule has 0 fully saturated rings. The number of carbonyl (C=O) groups excluding carboxylic acids is 1. The van der Waals surface area contributed by atoms with Gasteiger partial charge in [0.1, 0.15) is 0 Å². The molecule has 0 saturated heterocycles. The number of ether oxygens (including phenoxy) is 2. The molecule has 26 heavy (non-hydrogen) atoms. The molecule has 2 aromatic rings. The highest BCUT2D eigenvalue weighted by Gasteiger charge is 2.12. The molecule has 0 aromatic heterocycles. The largest absolute Gasteiger partial charge is 0.465 e. The number of hydrogen-bond donors (Lipinski definition) is 0. The van der Waals surface area contributed by atoms with E-state index in [1.165, 1.54) is 0 Å². The molecular formula is C21H24N2O3. The molecule has 0 atom stereocenters. The average molecular weight is 352 g/mol. The lowest BCUT2D eigenvalue weighted by molar-refractivity contribution is -0.144. The summed E-state index contributed by atoms with van der Waals surface area (Å²) in [4.78, 5) is 13.8. The first-order valence-corrected chi connectivity index (χ1v) is 8.63. The summed E-state index contributed by atoms with van der Waals surface area (Å²) in [6.45, 7) is 4.24. The van der Waals surface area contributed by atoms with Crippen LogP contribution >= 0.6 is 0 Å². The van der Waals surface area contributed by atoms with E-state index in [0.717, 1.165) is 16.7 Å². The molecule has 5 nitrogen and oxygen atoms in total. The second-order valence-corrected chi connectivity index (χ2v) is 5.86. The lowest BCUT2D eigenvalue weighted by Gasteiger charge is -2.21. The van der Waals surface area contributed by atoms with Crippen molar-refractivity contribution in [2.45, 2.75) is 13.5 Å². The SMILES string of the molecule is CCOC(=O)CN(CCOC)Cc1ccc(-c2ccccc2C#N)cc1. The molecule has 5 heteroatoms. The third kappa shape index (κ3) is 5.69. The van der Waals surface area contributed by atoms with Gasteiger partial charge in [-0.3, -0.25) is 9.69 Å². The highest BCUT2D eigenvalue weighted by atomic mass is 16.5. The second-order valence-electron chi connectivity index (χ2n) is 5.86. The van der Waals surface area contributed by atoms with Crippen molar-refractivity contribution in [2.24, 2.45) is 0 Å². The predicted molar refractivity (Wildman–Crippen MR) is 100 cm³/mol. The standard InChI is InChI=1S/C21H24N2O3/c1-3-26-21(24)16-23(12-13-25-2)15-17-8-10-18(11-9-17)20-7-5-4-6-19(20)14-22/h4-11H,3,12-13,15-16H2,1-2H3. The summed E-state index contributed by atoms with van der Waals surface area (Å²) in [5.74, 6) is -0.233. The molecule has 0 amide bonds. The Morgan fingerprint density at radius 3 is 2.54 bits per heavy atom. The average Bonchev–Trinajstić information content (AvgIpc) is 2.67. The molecule has 0 aliphatic carbocycles. The Kier molecular flexibility index (Phi) is 7.81. The quantitative estimate of drug-likeness (QED) is 0.648. The van der Waals surface area contributed by atoms with Crippen molar-refractivity contribution >= 4 is 5.97 Å². The van der Waals surface area contributed by atoms with Gasteiger partial charge in [-0.15, -0.1) is 0 Å². The summed E-state index contributed by atoms with van der Waals surface area (Å²) in [5.41, 5.74) is 3.66. The highest BCUT2D eigenvalue weighted by molar-refractivity contribution is 5.72. The minimum absolute atomic E-state index is 0.232. The third-order valence-electron chi connectivity index (χ3n) is 3.99.